The average Bonchev–Trinajstić information content (AvgIpc) is 2.72. The first kappa shape index (κ1) is 13.0. The van der Waals surface area contributed by atoms with Gasteiger partial charge in [0.2, 0.25) is 0 Å². The first-order chi connectivity index (χ1) is 9.71. The standard InChI is InChI=1S/C19H21N/c1-4-14-19(16-10-6-5-7-11-16)15(2)20(3)18-13-9-8-12-17(18)19/h5-13H,2,4,14H2,1,3H3. The molecule has 0 fully saturated rings. The minimum absolute atomic E-state index is 0.0681. The van der Waals surface area contributed by atoms with Gasteiger partial charge < -0.3 is 4.90 Å². The highest BCUT2D eigenvalue weighted by atomic mass is 15.2. The van der Waals surface area contributed by atoms with Crippen molar-refractivity contribution in [2.75, 3.05) is 11.9 Å². The van der Waals surface area contributed by atoms with Crippen LogP contribution in [-0.4, -0.2) is 7.05 Å². The number of hydrogen-bond acceptors (Lipinski definition) is 1. The van der Waals surface area contributed by atoms with E-state index in [4.69, 9.17) is 0 Å². The molecule has 0 amide bonds. The minimum atomic E-state index is -0.0681. The second-order valence-corrected chi connectivity index (χ2v) is 5.54. The van der Waals surface area contributed by atoms with E-state index in [9.17, 15) is 0 Å². The highest BCUT2D eigenvalue weighted by Crippen LogP contribution is 2.52. The number of fused-ring (bicyclic) bond motifs is 1. The van der Waals surface area contributed by atoms with E-state index in [-0.39, 0.29) is 5.41 Å². The Morgan fingerprint density at radius 2 is 1.65 bits per heavy atom. The van der Waals surface area contributed by atoms with E-state index in [1.807, 2.05) is 0 Å². The topological polar surface area (TPSA) is 3.24 Å². The van der Waals surface area contributed by atoms with Crippen molar-refractivity contribution in [3.63, 3.8) is 0 Å². The Balaban J connectivity index is 2.28. The molecule has 0 spiro atoms. The zero-order valence-electron chi connectivity index (χ0n) is 12.3. The number of anilines is 1. The van der Waals surface area contributed by atoms with Crippen LogP contribution in [0.1, 0.15) is 30.9 Å². The Labute approximate surface area is 121 Å². The van der Waals surface area contributed by atoms with Gasteiger partial charge in [-0.05, 0) is 23.6 Å². The van der Waals surface area contributed by atoms with Gasteiger partial charge in [0.15, 0.2) is 0 Å². The molecule has 0 saturated carbocycles. The summed E-state index contributed by atoms with van der Waals surface area (Å²) < 4.78 is 0. The van der Waals surface area contributed by atoms with Crippen molar-refractivity contribution in [3.05, 3.63) is 78.0 Å². The fourth-order valence-electron chi connectivity index (χ4n) is 3.56. The largest absolute Gasteiger partial charge is 0.347 e. The lowest BCUT2D eigenvalue weighted by Gasteiger charge is -2.32. The molecule has 1 heterocycles. The van der Waals surface area contributed by atoms with E-state index in [0.717, 1.165) is 12.8 Å². The van der Waals surface area contributed by atoms with Gasteiger partial charge in [-0.1, -0.05) is 68.5 Å². The van der Waals surface area contributed by atoms with Crippen molar-refractivity contribution >= 4 is 5.69 Å². The van der Waals surface area contributed by atoms with Crippen LogP contribution in [0.25, 0.3) is 0 Å². The van der Waals surface area contributed by atoms with Gasteiger partial charge in [-0.3, -0.25) is 0 Å². The van der Waals surface area contributed by atoms with Crippen molar-refractivity contribution in [3.8, 4) is 0 Å². The molecular weight excluding hydrogens is 242 g/mol. The van der Waals surface area contributed by atoms with Crippen molar-refractivity contribution in [2.24, 2.45) is 0 Å². The van der Waals surface area contributed by atoms with Crippen LogP contribution in [0.15, 0.2) is 66.9 Å². The first-order valence-electron chi connectivity index (χ1n) is 7.30. The molecule has 20 heavy (non-hydrogen) atoms. The maximum Gasteiger partial charge on any atom is 0.0618 e. The number of benzene rings is 2. The van der Waals surface area contributed by atoms with Crippen LogP contribution in [-0.2, 0) is 5.41 Å². The van der Waals surface area contributed by atoms with Gasteiger partial charge in [-0.25, -0.2) is 0 Å². The van der Waals surface area contributed by atoms with E-state index in [1.54, 1.807) is 0 Å². The second kappa shape index (κ2) is 4.82. The Bertz CT molecular complexity index is 629. The van der Waals surface area contributed by atoms with Crippen LogP contribution < -0.4 is 4.90 Å². The molecule has 0 N–H and O–H groups in total. The number of para-hydroxylation sites is 1. The molecule has 1 aliphatic rings. The van der Waals surface area contributed by atoms with Crippen LogP contribution in [0, 0.1) is 0 Å². The van der Waals surface area contributed by atoms with E-state index >= 15 is 0 Å². The highest BCUT2D eigenvalue weighted by Gasteiger charge is 2.45. The molecule has 1 unspecified atom stereocenters. The summed E-state index contributed by atoms with van der Waals surface area (Å²) in [5.74, 6) is 0. The molecule has 102 valence electrons. The first-order valence-corrected chi connectivity index (χ1v) is 7.30. The summed E-state index contributed by atoms with van der Waals surface area (Å²) in [7, 11) is 2.13. The Morgan fingerprint density at radius 3 is 2.35 bits per heavy atom. The average molecular weight is 263 g/mol. The molecule has 1 heteroatoms. The number of rotatable bonds is 3. The minimum Gasteiger partial charge on any atom is -0.347 e. The van der Waals surface area contributed by atoms with Crippen LogP contribution in [0.3, 0.4) is 0 Å². The molecule has 3 rings (SSSR count). The summed E-state index contributed by atoms with van der Waals surface area (Å²) in [6.45, 7) is 6.67. The van der Waals surface area contributed by atoms with Gasteiger partial charge in [-0.15, -0.1) is 0 Å². The summed E-state index contributed by atoms with van der Waals surface area (Å²) >= 11 is 0. The van der Waals surface area contributed by atoms with E-state index in [1.165, 1.54) is 22.5 Å². The normalized spacial score (nSPS) is 21.1. The molecule has 1 atom stereocenters. The summed E-state index contributed by atoms with van der Waals surface area (Å²) in [6, 6.07) is 19.5. The third kappa shape index (κ3) is 1.62. The predicted octanol–water partition coefficient (Wildman–Crippen LogP) is 4.74. The molecule has 2 aromatic carbocycles. The van der Waals surface area contributed by atoms with Crippen LogP contribution in [0.2, 0.25) is 0 Å². The van der Waals surface area contributed by atoms with Crippen LogP contribution in [0.5, 0.6) is 0 Å². The summed E-state index contributed by atoms with van der Waals surface area (Å²) in [5, 5.41) is 0. The number of hydrogen-bond donors (Lipinski definition) is 0. The highest BCUT2D eigenvalue weighted by molar-refractivity contribution is 5.73. The third-order valence-electron chi connectivity index (χ3n) is 4.51. The Morgan fingerprint density at radius 1 is 1.00 bits per heavy atom. The van der Waals surface area contributed by atoms with Gasteiger partial charge in [-0.2, -0.15) is 0 Å². The predicted molar refractivity (Wildman–Crippen MR) is 86.1 cm³/mol. The monoisotopic (exact) mass is 263 g/mol. The number of nitrogens with zero attached hydrogens (tertiary/aromatic N) is 1. The van der Waals surface area contributed by atoms with Gasteiger partial charge >= 0.3 is 0 Å². The molecule has 1 nitrogen and oxygen atoms in total. The molecule has 1 aliphatic heterocycles. The van der Waals surface area contributed by atoms with E-state index in [0.29, 0.717) is 0 Å². The van der Waals surface area contributed by atoms with Crippen molar-refractivity contribution < 1.29 is 0 Å². The Kier molecular flexibility index (Phi) is 3.13. The van der Waals surface area contributed by atoms with E-state index < -0.39 is 0 Å². The Hall–Kier alpha value is -2.02. The fourth-order valence-corrected chi connectivity index (χ4v) is 3.56. The molecule has 0 saturated heterocycles. The molecule has 2 aromatic rings. The number of likely N-dealkylation sites (N-methyl/N-ethyl adjacent to an activating group) is 1. The fraction of sp³-hybridized carbons (Fsp3) is 0.263. The van der Waals surface area contributed by atoms with Crippen LogP contribution >= 0.6 is 0 Å². The quantitative estimate of drug-likeness (QED) is 0.773. The lowest BCUT2D eigenvalue weighted by Crippen LogP contribution is -2.30. The van der Waals surface area contributed by atoms with Gasteiger partial charge in [0.1, 0.15) is 0 Å². The molecule has 0 aliphatic carbocycles. The maximum atomic E-state index is 4.42. The summed E-state index contributed by atoms with van der Waals surface area (Å²) in [4.78, 5) is 2.25. The number of allylic oxidation sites excluding steroid dienone is 1. The van der Waals surface area contributed by atoms with Crippen molar-refractivity contribution in [1.82, 2.24) is 0 Å². The zero-order chi connectivity index (χ0) is 14.2. The maximum absolute atomic E-state index is 4.42. The van der Waals surface area contributed by atoms with Crippen molar-refractivity contribution in [2.45, 2.75) is 25.2 Å². The third-order valence-corrected chi connectivity index (χ3v) is 4.51. The lowest BCUT2D eigenvalue weighted by molar-refractivity contribution is 0.552. The van der Waals surface area contributed by atoms with E-state index in [2.05, 4.69) is 80.0 Å². The molecule has 0 bridgehead atoms. The smallest absolute Gasteiger partial charge is 0.0618 e. The molecule has 0 aromatic heterocycles. The lowest BCUT2D eigenvalue weighted by atomic mass is 9.71. The molecular formula is C19H21N. The van der Waals surface area contributed by atoms with Crippen molar-refractivity contribution in [1.29, 1.82) is 0 Å². The zero-order valence-corrected chi connectivity index (χ0v) is 12.3. The molecule has 0 radical (unpaired) electrons. The van der Waals surface area contributed by atoms with Gasteiger partial charge in [0, 0.05) is 18.4 Å². The summed E-state index contributed by atoms with van der Waals surface area (Å²) in [6.07, 6.45) is 2.23. The summed E-state index contributed by atoms with van der Waals surface area (Å²) in [5.41, 5.74) is 5.15. The second-order valence-electron chi connectivity index (χ2n) is 5.54. The van der Waals surface area contributed by atoms with Gasteiger partial charge in [0.25, 0.3) is 0 Å². The SMILES string of the molecule is C=C1N(C)c2ccccc2C1(CCC)c1ccccc1. The van der Waals surface area contributed by atoms with Crippen LogP contribution in [0.4, 0.5) is 5.69 Å². The van der Waals surface area contributed by atoms with Gasteiger partial charge in [0.05, 0.1) is 5.41 Å².